The average molecular weight is 160 g/mol. The van der Waals surface area contributed by atoms with Crippen LogP contribution in [0.3, 0.4) is 0 Å². The third-order valence-electron chi connectivity index (χ3n) is 1.32. The molecule has 0 spiro atoms. The third-order valence-corrected chi connectivity index (χ3v) is 1.32. The molecule has 0 saturated carbocycles. The minimum absolute atomic E-state index is 0.0671. The number of aromatic nitrogens is 2. The van der Waals surface area contributed by atoms with Crippen LogP contribution in [0.5, 0.6) is 0 Å². The van der Waals surface area contributed by atoms with Gasteiger partial charge in [-0.15, -0.1) is 0 Å². The second-order valence-corrected chi connectivity index (χ2v) is 2.32. The number of aryl methyl sites for hydroxylation is 1. The molecule has 0 fully saturated rings. The van der Waals surface area contributed by atoms with Crippen LogP contribution in [0, 0.1) is 6.92 Å². The van der Waals surface area contributed by atoms with Gasteiger partial charge in [-0.25, -0.2) is 0 Å². The Morgan fingerprint density at radius 2 is 2.17 bits per heavy atom. The van der Waals surface area contributed by atoms with Crippen molar-refractivity contribution in [2.24, 2.45) is 5.73 Å². The Hall–Kier alpha value is -1.52. The fourth-order valence-corrected chi connectivity index (χ4v) is 0.658. The Labute approximate surface area is 70.9 Å². The van der Waals surface area contributed by atoms with E-state index in [0.717, 1.165) is 5.69 Å². The number of hydrogen-bond acceptors (Lipinski definition) is 3. The van der Waals surface area contributed by atoms with Crippen molar-refractivity contribution in [2.75, 3.05) is 0 Å². The number of amides is 1. The standard InChI is InChI=1S/C7H7BN3O/c1-4-2-11-5(3-10-4)6(8)7(9)12/h2-3H,1H3,(H2,9,12). The van der Waals surface area contributed by atoms with Gasteiger partial charge in [-0.3, -0.25) is 0 Å². The second-order valence-electron chi connectivity index (χ2n) is 2.32. The molecule has 0 aromatic carbocycles. The molecule has 5 heteroatoms. The molecule has 0 aliphatic heterocycles. The van der Waals surface area contributed by atoms with Crippen molar-refractivity contribution in [3.05, 3.63) is 23.8 Å². The molecule has 1 aromatic rings. The molecule has 1 heterocycles. The van der Waals surface area contributed by atoms with E-state index >= 15 is 0 Å². The SMILES string of the molecule is [B]=C(C(N)=O)c1cnc(C)cn1. The summed E-state index contributed by atoms with van der Waals surface area (Å²) in [6, 6.07) is 0. The molecule has 1 rings (SSSR count). The van der Waals surface area contributed by atoms with E-state index in [4.69, 9.17) is 13.2 Å². The van der Waals surface area contributed by atoms with Crippen molar-refractivity contribution in [1.82, 2.24) is 9.97 Å². The number of carbonyl (C=O) groups is 1. The van der Waals surface area contributed by atoms with E-state index in [0.29, 0.717) is 5.69 Å². The van der Waals surface area contributed by atoms with Gasteiger partial charge < -0.3 is 0 Å². The zero-order valence-corrected chi connectivity index (χ0v) is 6.61. The number of rotatable bonds is 2. The van der Waals surface area contributed by atoms with E-state index in [1.807, 2.05) is 0 Å². The Morgan fingerprint density at radius 1 is 1.50 bits per heavy atom. The van der Waals surface area contributed by atoms with Gasteiger partial charge in [-0.2, -0.15) is 0 Å². The van der Waals surface area contributed by atoms with Crippen LogP contribution < -0.4 is 5.73 Å². The summed E-state index contributed by atoms with van der Waals surface area (Å²) in [6.07, 6.45) is 2.93. The number of nitrogens with zero attached hydrogens (tertiary/aromatic N) is 2. The van der Waals surface area contributed by atoms with Gasteiger partial charge in [0, 0.05) is 0 Å². The molecule has 0 unspecified atom stereocenters. The molecule has 1 amide bonds. The topological polar surface area (TPSA) is 68.9 Å². The third kappa shape index (κ3) is 1.75. The maximum atomic E-state index is 10.6. The van der Waals surface area contributed by atoms with Crippen LogP contribution in [0.25, 0.3) is 0 Å². The molecular formula is C7H7BN3O. The molecule has 0 aliphatic rings. The summed E-state index contributed by atoms with van der Waals surface area (Å²) in [6.45, 7) is 1.79. The van der Waals surface area contributed by atoms with Crippen molar-refractivity contribution < 1.29 is 4.79 Å². The van der Waals surface area contributed by atoms with Gasteiger partial charge in [0.1, 0.15) is 0 Å². The Bertz CT molecular complexity index is 320. The summed E-state index contributed by atoms with van der Waals surface area (Å²) in [5, 5.41) is 0. The summed E-state index contributed by atoms with van der Waals surface area (Å²) in [5.41, 5.74) is 5.94. The number of nitrogens with two attached hydrogens (primary N) is 1. The molecule has 1 aromatic heterocycles. The van der Waals surface area contributed by atoms with Gasteiger partial charge in [0.25, 0.3) is 0 Å². The van der Waals surface area contributed by atoms with Gasteiger partial charge in [0.2, 0.25) is 0 Å². The Morgan fingerprint density at radius 3 is 2.58 bits per heavy atom. The monoisotopic (exact) mass is 160 g/mol. The van der Waals surface area contributed by atoms with Gasteiger partial charge in [0.05, 0.1) is 0 Å². The van der Waals surface area contributed by atoms with Crippen LogP contribution in [0.2, 0.25) is 0 Å². The van der Waals surface area contributed by atoms with Crippen LogP contribution in [0.15, 0.2) is 12.4 Å². The molecule has 2 N–H and O–H groups in total. The van der Waals surface area contributed by atoms with Gasteiger partial charge in [0.15, 0.2) is 0 Å². The van der Waals surface area contributed by atoms with E-state index in [1.54, 1.807) is 6.92 Å². The van der Waals surface area contributed by atoms with Crippen molar-refractivity contribution >= 4 is 18.9 Å². The van der Waals surface area contributed by atoms with Gasteiger partial charge in [-0.1, -0.05) is 0 Å². The van der Waals surface area contributed by atoms with Crippen LogP contribution in [0.4, 0.5) is 0 Å². The van der Waals surface area contributed by atoms with Crippen LogP contribution >= 0.6 is 0 Å². The zero-order valence-electron chi connectivity index (χ0n) is 6.61. The van der Waals surface area contributed by atoms with E-state index in [1.165, 1.54) is 12.4 Å². The Kier molecular flexibility index (Phi) is 2.33. The minimum atomic E-state index is -0.687. The molecule has 1 radical (unpaired) electrons. The van der Waals surface area contributed by atoms with E-state index in [-0.39, 0.29) is 5.46 Å². The first-order valence-electron chi connectivity index (χ1n) is 3.32. The first-order chi connectivity index (χ1) is 5.61. The molecular weight excluding hydrogens is 153 g/mol. The summed E-state index contributed by atoms with van der Waals surface area (Å²) >= 11 is 0. The van der Waals surface area contributed by atoms with Crippen molar-refractivity contribution in [3.63, 3.8) is 0 Å². The fraction of sp³-hybridized carbons (Fsp3) is 0.143. The summed E-state index contributed by atoms with van der Waals surface area (Å²) < 4.78 is 0. The van der Waals surface area contributed by atoms with Crippen molar-refractivity contribution in [1.29, 1.82) is 0 Å². The van der Waals surface area contributed by atoms with Gasteiger partial charge in [-0.05, 0) is 0 Å². The van der Waals surface area contributed by atoms with Crippen LogP contribution in [-0.4, -0.2) is 28.8 Å². The van der Waals surface area contributed by atoms with E-state index in [2.05, 4.69) is 9.97 Å². The van der Waals surface area contributed by atoms with E-state index < -0.39 is 5.91 Å². The van der Waals surface area contributed by atoms with Crippen LogP contribution in [-0.2, 0) is 4.79 Å². The van der Waals surface area contributed by atoms with Crippen molar-refractivity contribution in [2.45, 2.75) is 6.92 Å². The van der Waals surface area contributed by atoms with Crippen LogP contribution in [0.1, 0.15) is 11.4 Å². The molecule has 4 nitrogen and oxygen atoms in total. The normalized spacial score (nSPS) is 9.33. The second kappa shape index (κ2) is 3.25. The zero-order chi connectivity index (χ0) is 9.14. The van der Waals surface area contributed by atoms with E-state index in [9.17, 15) is 4.79 Å². The quantitative estimate of drug-likeness (QED) is 0.561. The molecule has 12 heavy (non-hydrogen) atoms. The average Bonchev–Trinajstić information content (AvgIpc) is 2.04. The van der Waals surface area contributed by atoms with Crippen molar-refractivity contribution in [3.8, 4) is 0 Å². The number of carbonyl (C=O) groups excluding carboxylic acids is 1. The molecule has 0 bridgehead atoms. The first kappa shape index (κ1) is 8.58. The first-order valence-corrected chi connectivity index (χ1v) is 3.32. The summed E-state index contributed by atoms with van der Waals surface area (Å²) in [5.74, 6) is -0.687. The van der Waals surface area contributed by atoms with Gasteiger partial charge >= 0.3 is 70.1 Å². The molecule has 59 valence electrons. The summed E-state index contributed by atoms with van der Waals surface area (Å²) in [7, 11) is 5.33. The fourth-order valence-electron chi connectivity index (χ4n) is 0.658. The Balaban J connectivity index is 2.98. The molecule has 0 aliphatic carbocycles. The maximum absolute atomic E-state index is 10.6. The number of hydrogen-bond donors (Lipinski definition) is 1. The predicted molar refractivity (Wildman–Crippen MR) is 45.8 cm³/mol. The number of primary amides is 1. The predicted octanol–water partition coefficient (Wildman–Crippen LogP) is -1.04. The molecule has 0 atom stereocenters. The molecule has 0 saturated heterocycles. The summed E-state index contributed by atoms with van der Waals surface area (Å²) in [4.78, 5) is 18.4.